The molecule has 6 nitrogen and oxygen atoms in total. The summed E-state index contributed by atoms with van der Waals surface area (Å²) in [6, 6.07) is 12.7. The van der Waals surface area contributed by atoms with Gasteiger partial charge in [0.1, 0.15) is 0 Å². The maximum absolute atomic E-state index is 12.2. The number of amides is 1. The van der Waals surface area contributed by atoms with Crippen LogP contribution < -0.4 is 10.9 Å². The van der Waals surface area contributed by atoms with Crippen molar-refractivity contribution in [2.75, 3.05) is 26.2 Å². The maximum Gasteiger partial charge on any atom is 0.252 e. The molecule has 2 heterocycles. The van der Waals surface area contributed by atoms with Crippen LogP contribution in [-0.4, -0.2) is 46.7 Å². The number of pyridine rings is 1. The summed E-state index contributed by atoms with van der Waals surface area (Å²) in [5, 5.41) is 13.3. The first-order valence-electron chi connectivity index (χ1n) is 9.43. The molecule has 1 aliphatic rings. The van der Waals surface area contributed by atoms with Crippen LogP contribution >= 0.6 is 0 Å². The molecule has 1 aromatic heterocycles. The van der Waals surface area contributed by atoms with Crippen molar-refractivity contribution in [3.63, 3.8) is 0 Å². The molecule has 144 valence electrons. The van der Waals surface area contributed by atoms with Gasteiger partial charge in [-0.15, -0.1) is 0 Å². The summed E-state index contributed by atoms with van der Waals surface area (Å²) in [5.41, 5.74) is 1.32. The summed E-state index contributed by atoms with van der Waals surface area (Å²) in [5.74, 6) is 0.291. The fourth-order valence-corrected chi connectivity index (χ4v) is 3.47. The Labute approximate surface area is 159 Å². The van der Waals surface area contributed by atoms with Crippen molar-refractivity contribution in [2.24, 2.45) is 13.0 Å². The fraction of sp³-hybridized carbons (Fsp3) is 0.429. The number of nitrogens with zero attached hydrogens (tertiary/aromatic N) is 2. The van der Waals surface area contributed by atoms with Gasteiger partial charge in [0.2, 0.25) is 5.56 Å². The lowest BCUT2D eigenvalue weighted by Gasteiger charge is -2.33. The van der Waals surface area contributed by atoms with Crippen LogP contribution in [0, 0.1) is 5.92 Å². The van der Waals surface area contributed by atoms with Gasteiger partial charge in [-0.05, 0) is 43.5 Å². The molecular formula is C21H27N3O3. The number of piperidine rings is 1. The van der Waals surface area contributed by atoms with Crippen molar-refractivity contribution in [3.8, 4) is 0 Å². The van der Waals surface area contributed by atoms with Gasteiger partial charge in [-0.3, -0.25) is 9.59 Å². The second-order valence-corrected chi connectivity index (χ2v) is 7.25. The minimum atomic E-state index is -0.466. The third-order valence-corrected chi connectivity index (χ3v) is 5.22. The van der Waals surface area contributed by atoms with E-state index in [0.717, 1.165) is 31.5 Å². The molecule has 2 aromatic rings. The number of aromatic nitrogens is 1. The molecule has 0 aliphatic carbocycles. The Balaban J connectivity index is 1.42. The highest BCUT2D eigenvalue weighted by molar-refractivity contribution is 5.93. The van der Waals surface area contributed by atoms with E-state index in [4.69, 9.17) is 0 Å². The Morgan fingerprint density at radius 2 is 1.89 bits per heavy atom. The number of nitrogens with one attached hydrogen (secondary N) is 1. The molecule has 0 bridgehead atoms. The normalized spacial score (nSPS) is 16.8. The van der Waals surface area contributed by atoms with Crippen LogP contribution in [0.1, 0.15) is 34.9 Å². The smallest absolute Gasteiger partial charge is 0.252 e. The summed E-state index contributed by atoms with van der Waals surface area (Å²) in [6.07, 6.45) is 3.09. The second-order valence-electron chi connectivity index (χ2n) is 7.25. The molecule has 6 heteroatoms. The highest BCUT2D eigenvalue weighted by atomic mass is 16.3. The van der Waals surface area contributed by atoms with Crippen molar-refractivity contribution >= 4 is 5.91 Å². The van der Waals surface area contributed by atoms with E-state index in [0.29, 0.717) is 24.6 Å². The van der Waals surface area contributed by atoms with E-state index >= 15 is 0 Å². The molecule has 0 saturated carbocycles. The number of rotatable bonds is 6. The topological polar surface area (TPSA) is 74.6 Å². The molecule has 0 spiro atoms. The van der Waals surface area contributed by atoms with Gasteiger partial charge in [0, 0.05) is 32.4 Å². The number of aryl methyl sites for hydroxylation is 1. The summed E-state index contributed by atoms with van der Waals surface area (Å²) < 4.78 is 1.41. The molecule has 1 aliphatic heterocycles. The van der Waals surface area contributed by atoms with Crippen molar-refractivity contribution in [3.05, 3.63) is 70.1 Å². The number of aliphatic hydroxyl groups excluding tert-OH is 1. The molecule has 27 heavy (non-hydrogen) atoms. The zero-order chi connectivity index (χ0) is 19.2. The number of β-amino-alcohol motifs (C(OH)–C–C–N with tert-alkyl or cyclic N) is 1. The van der Waals surface area contributed by atoms with Crippen LogP contribution in [0.25, 0.3) is 0 Å². The van der Waals surface area contributed by atoms with Gasteiger partial charge in [0.05, 0.1) is 11.7 Å². The van der Waals surface area contributed by atoms with E-state index < -0.39 is 6.10 Å². The lowest BCUT2D eigenvalue weighted by atomic mass is 9.96. The monoisotopic (exact) mass is 369 g/mol. The maximum atomic E-state index is 12.2. The van der Waals surface area contributed by atoms with Crippen LogP contribution in [0.4, 0.5) is 0 Å². The van der Waals surface area contributed by atoms with Gasteiger partial charge in [-0.2, -0.15) is 0 Å². The van der Waals surface area contributed by atoms with Crippen molar-refractivity contribution in [2.45, 2.75) is 18.9 Å². The Hall–Kier alpha value is -2.44. The molecule has 1 aromatic carbocycles. The van der Waals surface area contributed by atoms with Gasteiger partial charge >= 0.3 is 0 Å². The number of hydrogen-bond acceptors (Lipinski definition) is 4. The lowest BCUT2D eigenvalue weighted by molar-refractivity contribution is 0.0852. The van der Waals surface area contributed by atoms with Crippen LogP contribution in [0.5, 0.6) is 0 Å². The third kappa shape index (κ3) is 5.28. The van der Waals surface area contributed by atoms with Crippen molar-refractivity contribution < 1.29 is 9.90 Å². The van der Waals surface area contributed by atoms with E-state index in [1.165, 1.54) is 10.6 Å². The van der Waals surface area contributed by atoms with Crippen LogP contribution in [0.2, 0.25) is 0 Å². The average Bonchev–Trinajstić information content (AvgIpc) is 2.70. The van der Waals surface area contributed by atoms with E-state index in [1.54, 1.807) is 19.3 Å². The number of likely N-dealkylation sites (tertiary alicyclic amines) is 1. The number of carbonyl (C=O) groups is 1. The molecular weight excluding hydrogens is 342 g/mol. The predicted molar refractivity (Wildman–Crippen MR) is 105 cm³/mol. The first kappa shape index (κ1) is 19.3. The Morgan fingerprint density at radius 1 is 1.19 bits per heavy atom. The molecule has 1 atom stereocenters. The lowest BCUT2D eigenvalue weighted by Crippen LogP contribution is -2.40. The van der Waals surface area contributed by atoms with Gasteiger partial charge in [-0.1, -0.05) is 30.3 Å². The van der Waals surface area contributed by atoms with Crippen LogP contribution in [0.15, 0.2) is 53.5 Å². The van der Waals surface area contributed by atoms with Gasteiger partial charge in [-0.25, -0.2) is 0 Å². The highest BCUT2D eigenvalue weighted by Gasteiger charge is 2.22. The Morgan fingerprint density at radius 3 is 2.56 bits per heavy atom. The first-order valence-corrected chi connectivity index (χ1v) is 9.43. The molecule has 1 amide bonds. The van der Waals surface area contributed by atoms with Crippen LogP contribution in [0.3, 0.4) is 0 Å². The largest absolute Gasteiger partial charge is 0.387 e. The molecule has 2 N–H and O–H groups in total. The number of carbonyl (C=O) groups excluding carboxylic acids is 1. The number of hydrogen-bond donors (Lipinski definition) is 2. The molecule has 0 radical (unpaired) electrons. The van der Waals surface area contributed by atoms with Crippen molar-refractivity contribution in [1.82, 2.24) is 14.8 Å². The SMILES string of the molecule is Cn1cc(C(=O)NCC2CCN(CC(O)c3ccccc3)CC2)ccc1=O. The van der Waals surface area contributed by atoms with E-state index in [9.17, 15) is 14.7 Å². The van der Waals surface area contributed by atoms with Gasteiger partial charge in [0.15, 0.2) is 0 Å². The molecule has 1 unspecified atom stereocenters. The second kappa shape index (κ2) is 8.97. The third-order valence-electron chi connectivity index (χ3n) is 5.22. The number of aliphatic hydroxyl groups is 1. The van der Waals surface area contributed by atoms with E-state index in [-0.39, 0.29) is 11.5 Å². The van der Waals surface area contributed by atoms with E-state index in [2.05, 4.69) is 10.2 Å². The zero-order valence-electron chi connectivity index (χ0n) is 15.7. The van der Waals surface area contributed by atoms with Crippen LogP contribution in [-0.2, 0) is 7.05 Å². The standard InChI is InChI=1S/C21H27N3O3/c1-23-14-18(7-8-20(23)26)21(27)22-13-16-9-11-24(12-10-16)15-19(25)17-5-3-2-4-6-17/h2-8,14,16,19,25H,9-13,15H2,1H3,(H,22,27). The van der Waals surface area contributed by atoms with Gasteiger partial charge in [0.25, 0.3) is 5.91 Å². The zero-order valence-corrected chi connectivity index (χ0v) is 15.7. The summed E-state index contributed by atoms with van der Waals surface area (Å²) in [6.45, 7) is 3.12. The predicted octanol–water partition coefficient (Wildman–Crippen LogP) is 1.56. The molecule has 1 fully saturated rings. The quantitative estimate of drug-likeness (QED) is 0.810. The van der Waals surface area contributed by atoms with Gasteiger partial charge < -0.3 is 19.9 Å². The minimum absolute atomic E-state index is 0.128. The average molecular weight is 369 g/mol. The number of benzene rings is 1. The fourth-order valence-electron chi connectivity index (χ4n) is 3.47. The Bertz CT molecular complexity index is 811. The summed E-state index contributed by atoms with van der Waals surface area (Å²) in [7, 11) is 1.64. The molecule has 3 rings (SSSR count). The summed E-state index contributed by atoms with van der Waals surface area (Å²) >= 11 is 0. The summed E-state index contributed by atoms with van der Waals surface area (Å²) in [4.78, 5) is 25.9. The van der Waals surface area contributed by atoms with E-state index in [1.807, 2.05) is 30.3 Å². The first-order chi connectivity index (χ1) is 13.0. The minimum Gasteiger partial charge on any atom is -0.387 e. The molecule has 1 saturated heterocycles. The van der Waals surface area contributed by atoms with Crippen molar-refractivity contribution in [1.29, 1.82) is 0 Å². The Kier molecular flexibility index (Phi) is 6.42. The highest BCUT2D eigenvalue weighted by Crippen LogP contribution is 2.20.